The summed E-state index contributed by atoms with van der Waals surface area (Å²) in [6.07, 6.45) is 0. The second-order valence-electron chi connectivity index (χ2n) is 2.65. The molecule has 0 bridgehead atoms. The van der Waals surface area contributed by atoms with Crippen LogP contribution >= 0.6 is 0 Å². The molecule has 2 aromatic rings. The van der Waals surface area contributed by atoms with Gasteiger partial charge in [0.1, 0.15) is 0 Å². The molecule has 0 spiro atoms. The second kappa shape index (κ2) is 3.32. The Morgan fingerprint density at radius 3 is 3.00 bits per heavy atom. The van der Waals surface area contributed by atoms with Crippen LogP contribution < -0.4 is 5.73 Å². The number of hydrogen-bond donors (Lipinski definition) is 2. The number of H-pyrrole nitrogens is 1. The van der Waals surface area contributed by atoms with Crippen LogP contribution in [0.15, 0.2) is 24.3 Å². The summed E-state index contributed by atoms with van der Waals surface area (Å²) in [5, 5.41) is 13.5. The van der Waals surface area contributed by atoms with Crippen LogP contribution in [0.4, 0.5) is 0 Å². The Balaban J connectivity index is 2.41. The molecule has 0 aliphatic carbocycles. The molecule has 0 unspecified atom stereocenters. The van der Waals surface area contributed by atoms with Gasteiger partial charge >= 0.3 is 0 Å². The zero-order chi connectivity index (χ0) is 9.10. The summed E-state index contributed by atoms with van der Waals surface area (Å²) in [5.74, 6) is 0.662. The van der Waals surface area contributed by atoms with Gasteiger partial charge < -0.3 is 5.73 Å². The van der Waals surface area contributed by atoms with Crippen molar-refractivity contribution in [3.05, 3.63) is 29.8 Å². The van der Waals surface area contributed by atoms with E-state index in [1.54, 1.807) is 0 Å². The van der Waals surface area contributed by atoms with Crippen LogP contribution in [0.5, 0.6) is 0 Å². The minimum Gasteiger partial charge on any atom is -0.326 e. The van der Waals surface area contributed by atoms with Gasteiger partial charge in [0, 0.05) is 12.1 Å². The molecule has 5 heteroatoms. The van der Waals surface area contributed by atoms with Gasteiger partial charge in [-0.3, -0.25) is 0 Å². The molecular formula is C8H9N5. The Morgan fingerprint density at radius 1 is 1.38 bits per heavy atom. The lowest BCUT2D eigenvalue weighted by Crippen LogP contribution is -1.96. The Kier molecular flexibility index (Phi) is 2.01. The Morgan fingerprint density at radius 2 is 2.31 bits per heavy atom. The van der Waals surface area contributed by atoms with E-state index in [2.05, 4.69) is 20.6 Å². The summed E-state index contributed by atoms with van der Waals surface area (Å²) in [6, 6.07) is 7.79. The van der Waals surface area contributed by atoms with Crippen molar-refractivity contribution < 1.29 is 0 Å². The minimum atomic E-state index is 0.523. The number of tetrazole rings is 1. The van der Waals surface area contributed by atoms with Crippen molar-refractivity contribution in [1.82, 2.24) is 20.6 Å². The van der Waals surface area contributed by atoms with E-state index in [0.717, 1.165) is 11.1 Å². The van der Waals surface area contributed by atoms with E-state index < -0.39 is 0 Å². The first-order chi connectivity index (χ1) is 6.40. The van der Waals surface area contributed by atoms with Gasteiger partial charge in [-0.15, -0.1) is 5.10 Å². The van der Waals surface area contributed by atoms with E-state index in [1.807, 2.05) is 24.3 Å². The third-order valence-corrected chi connectivity index (χ3v) is 1.78. The van der Waals surface area contributed by atoms with Crippen LogP contribution in [-0.2, 0) is 6.54 Å². The fraction of sp³-hybridized carbons (Fsp3) is 0.125. The van der Waals surface area contributed by atoms with Crippen LogP contribution in [0, 0.1) is 0 Å². The lowest BCUT2D eigenvalue weighted by Gasteiger charge is -1.98. The molecule has 2 rings (SSSR count). The molecule has 1 aromatic carbocycles. The average Bonchev–Trinajstić information content (AvgIpc) is 2.71. The first kappa shape index (κ1) is 7.88. The van der Waals surface area contributed by atoms with Gasteiger partial charge in [-0.25, -0.2) is 5.10 Å². The Labute approximate surface area is 75.0 Å². The SMILES string of the molecule is NCc1cccc(-c2nnn[nH]2)c1. The predicted molar refractivity (Wildman–Crippen MR) is 47.5 cm³/mol. The summed E-state index contributed by atoms with van der Waals surface area (Å²) < 4.78 is 0. The van der Waals surface area contributed by atoms with E-state index in [0.29, 0.717) is 12.4 Å². The van der Waals surface area contributed by atoms with Crippen LogP contribution in [0.1, 0.15) is 5.56 Å². The first-order valence-electron chi connectivity index (χ1n) is 3.93. The summed E-state index contributed by atoms with van der Waals surface area (Å²) >= 11 is 0. The molecule has 13 heavy (non-hydrogen) atoms. The highest BCUT2D eigenvalue weighted by Gasteiger charge is 2.00. The molecular weight excluding hydrogens is 166 g/mol. The van der Waals surface area contributed by atoms with Gasteiger partial charge in [-0.05, 0) is 22.1 Å². The van der Waals surface area contributed by atoms with Crippen LogP contribution in [0.2, 0.25) is 0 Å². The van der Waals surface area contributed by atoms with E-state index in [9.17, 15) is 0 Å². The predicted octanol–water partition coefficient (Wildman–Crippen LogP) is 0.325. The molecule has 0 aliphatic heterocycles. The van der Waals surface area contributed by atoms with Crippen LogP contribution in [-0.4, -0.2) is 20.6 Å². The van der Waals surface area contributed by atoms with Crippen molar-refractivity contribution in [2.75, 3.05) is 0 Å². The molecule has 0 radical (unpaired) electrons. The molecule has 1 heterocycles. The zero-order valence-corrected chi connectivity index (χ0v) is 6.94. The molecule has 0 aliphatic rings. The maximum Gasteiger partial charge on any atom is 0.179 e. The van der Waals surface area contributed by atoms with Crippen molar-refractivity contribution in [1.29, 1.82) is 0 Å². The fourth-order valence-electron chi connectivity index (χ4n) is 1.13. The largest absolute Gasteiger partial charge is 0.326 e. The molecule has 0 fully saturated rings. The molecule has 0 saturated carbocycles. The molecule has 0 amide bonds. The number of aromatic amines is 1. The molecule has 66 valence electrons. The van der Waals surface area contributed by atoms with E-state index in [1.165, 1.54) is 0 Å². The molecule has 3 N–H and O–H groups in total. The van der Waals surface area contributed by atoms with Crippen molar-refractivity contribution in [2.45, 2.75) is 6.54 Å². The third kappa shape index (κ3) is 1.54. The number of rotatable bonds is 2. The third-order valence-electron chi connectivity index (χ3n) is 1.78. The summed E-state index contributed by atoms with van der Waals surface area (Å²) in [5.41, 5.74) is 7.53. The van der Waals surface area contributed by atoms with Gasteiger partial charge in [0.15, 0.2) is 5.82 Å². The lowest BCUT2D eigenvalue weighted by molar-refractivity contribution is 0.881. The van der Waals surface area contributed by atoms with E-state index >= 15 is 0 Å². The van der Waals surface area contributed by atoms with Crippen LogP contribution in [0.25, 0.3) is 11.4 Å². The van der Waals surface area contributed by atoms with E-state index in [-0.39, 0.29) is 0 Å². The van der Waals surface area contributed by atoms with E-state index in [4.69, 9.17) is 5.73 Å². The maximum absolute atomic E-state index is 5.51. The Bertz CT molecular complexity index is 381. The number of nitrogens with zero attached hydrogens (tertiary/aromatic N) is 3. The quantitative estimate of drug-likeness (QED) is 0.689. The highest BCUT2D eigenvalue weighted by molar-refractivity contribution is 5.54. The van der Waals surface area contributed by atoms with Gasteiger partial charge in [0.25, 0.3) is 0 Å². The van der Waals surface area contributed by atoms with Crippen molar-refractivity contribution >= 4 is 0 Å². The molecule has 0 saturated heterocycles. The van der Waals surface area contributed by atoms with Crippen molar-refractivity contribution in [3.8, 4) is 11.4 Å². The highest BCUT2D eigenvalue weighted by atomic mass is 15.5. The summed E-state index contributed by atoms with van der Waals surface area (Å²) in [6.45, 7) is 0.523. The minimum absolute atomic E-state index is 0.523. The highest BCUT2D eigenvalue weighted by Crippen LogP contribution is 2.14. The molecule has 5 nitrogen and oxygen atoms in total. The topological polar surface area (TPSA) is 80.5 Å². The number of nitrogens with one attached hydrogen (secondary N) is 1. The smallest absolute Gasteiger partial charge is 0.179 e. The number of aromatic nitrogens is 4. The normalized spacial score (nSPS) is 10.2. The van der Waals surface area contributed by atoms with Crippen molar-refractivity contribution in [2.24, 2.45) is 5.73 Å². The second-order valence-corrected chi connectivity index (χ2v) is 2.65. The van der Waals surface area contributed by atoms with Crippen molar-refractivity contribution in [3.63, 3.8) is 0 Å². The number of hydrogen-bond acceptors (Lipinski definition) is 4. The summed E-state index contributed by atoms with van der Waals surface area (Å²) in [4.78, 5) is 0. The zero-order valence-electron chi connectivity index (χ0n) is 6.94. The molecule has 0 atom stereocenters. The fourth-order valence-corrected chi connectivity index (χ4v) is 1.13. The number of nitrogens with two attached hydrogens (primary N) is 1. The average molecular weight is 175 g/mol. The number of benzene rings is 1. The monoisotopic (exact) mass is 175 g/mol. The van der Waals surface area contributed by atoms with Gasteiger partial charge in [0.05, 0.1) is 0 Å². The van der Waals surface area contributed by atoms with Gasteiger partial charge in [-0.1, -0.05) is 18.2 Å². The lowest BCUT2D eigenvalue weighted by atomic mass is 10.1. The maximum atomic E-state index is 5.51. The standard InChI is InChI=1S/C8H9N5/c9-5-6-2-1-3-7(4-6)8-10-12-13-11-8/h1-4H,5,9H2,(H,10,11,12,13). The first-order valence-corrected chi connectivity index (χ1v) is 3.93. The molecule has 1 aromatic heterocycles. The Hall–Kier alpha value is -1.75. The summed E-state index contributed by atoms with van der Waals surface area (Å²) in [7, 11) is 0. The van der Waals surface area contributed by atoms with Gasteiger partial charge in [0.2, 0.25) is 0 Å². The van der Waals surface area contributed by atoms with Crippen LogP contribution in [0.3, 0.4) is 0 Å². The van der Waals surface area contributed by atoms with Gasteiger partial charge in [-0.2, -0.15) is 0 Å².